The van der Waals surface area contributed by atoms with Gasteiger partial charge in [-0.25, -0.2) is 4.79 Å². The van der Waals surface area contributed by atoms with Crippen molar-refractivity contribution in [3.8, 4) is 5.75 Å². The Kier molecular flexibility index (Phi) is 3.30. The second kappa shape index (κ2) is 4.98. The van der Waals surface area contributed by atoms with Gasteiger partial charge in [-0.3, -0.25) is 0 Å². The maximum Gasteiger partial charge on any atom is 0.329 e. The molecule has 0 aromatic heterocycles. The van der Waals surface area contributed by atoms with E-state index in [9.17, 15) is 9.90 Å². The number of nitrogens with zero attached hydrogens (tertiary/aromatic N) is 1. The Bertz CT molecular complexity index is 520. The van der Waals surface area contributed by atoms with Crippen LogP contribution in [0.4, 0.5) is 5.69 Å². The fraction of sp³-hybridized carbons (Fsp3) is 0.533. The van der Waals surface area contributed by atoms with Crippen LogP contribution in [0.25, 0.3) is 0 Å². The zero-order valence-corrected chi connectivity index (χ0v) is 11.6. The van der Waals surface area contributed by atoms with Crippen LogP contribution in [0.15, 0.2) is 24.3 Å². The second-order valence-corrected chi connectivity index (χ2v) is 5.67. The predicted octanol–water partition coefficient (Wildman–Crippen LogP) is 1.66. The first kappa shape index (κ1) is 13.2. The number of hydrogen-bond acceptors (Lipinski definition) is 4. The van der Waals surface area contributed by atoms with Gasteiger partial charge < -0.3 is 20.1 Å². The summed E-state index contributed by atoms with van der Waals surface area (Å²) in [6.45, 7) is 2.74. The second-order valence-electron chi connectivity index (χ2n) is 5.67. The number of methoxy groups -OCH3 is 1. The lowest BCUT2D eigenvalue weighted by atomic mass is 9.78. The van der Waals surface area contributed by atoms with Crippen molar-refractivity contribution in [3.63, 3.8) is 0 Å². The minimum Gasteiger partial charge on any atom is -0.497 e. The molecule has 0 radical (unpaired) electrons. The third-order valence-electron chi connectivity index (χ3n) is 4.61. The van der Waals surface area contributed by atoms with E-state index < -0.39 is 11.5 Å². The zero-order chi connectivity index (χ0) is 14.2. The number of carboxylic acids is 1. The topological polar surface area (TPSA) is 61.8 Å². The van der Waals surface area contributed by atoms with Crippen LogP contribution >= 0.6 is 0 Å². The van der Waals surface area contributed by atoms with E-state index in [0.29, 0.717) is 6.42 Å². The molecule has 0 aliphatic carbocycles. The van der Waals surface area contributed by atoms with E-state index in [1.165, 1.54) is 0 Å². The van der Waals surface area contributed by atoms with Crippen molar-refractivity contribution in [1.82, 2.24) is 4.90 Å². The van der Waals surface area contributed by atoms with Crippen LogP contribution < -0.4 is 10.1 Å². The molecule has 108 valence electrons. The van der Waals surface area contributed by atoms with Crippen molar-refractivity contribution in [2.75, 3.05) is 32.1 Å². The predicted molar refractivity (Wildman–Crippen MR) is 76.1 cm³/mol. The molecule has 2 aliphatic rings. The van der Waals surface area contributed by atoms with Crippen molar-refractivity contribution in [3.05, 3.63) is 24.3 Å². The first-order chi connectivity index (χ1) is 9.64. The van der Waals surface area contributed by atoms with Crippen molar-refractivity contribution in [2.45, 2.75) is 18.4 Å². The molecule has 0 spiro atoms. The molecule has 2 fully saturated rings. The Morgan fingerprint density at radius 3 is 3.10 bits per heavy atom. The molecule has 5 heteroatoms. The van der Waals surface area contributed by atoms with Crippen LogP contribution in [0.5, 0.6) is 5.75 Å². The average Bonchev–Trinajstić information content (AvgIpc) is 2.86. The number of ether oxygens (including phenoxy) is 1. The third kappa shape index (κ3) is 2.12. The lowest BCUT2D eigenvalue weighted by Crippen LogP contribution is -2.57. The summed E-state index contributed by atoms with van der Waals surface area (Å²) < 4.78 is 5.20. The lowest BCUT2D eigenvalue weighted by Gasteiger charge is -2.40. The van der Waals surface area contributed by atoms with E-state index in [1.807, 2.05) is 24.3 Å². The molecule has 2 heterocycles. The van der Waals surface area contributed by atoms with Crippen LogP contribution in [0.2, 0.25) is 0 Å². The van der Waals surface area contributed by atoms with Crippen molar-refractivity contribution in [2.24, 2.45) is 5.92 Å². The molecule has 3 unspecified atom stereocenters. The van der Waals surface area contributed by atoms with E-state index in [-0.39, 0.29) is 5.92 Å². The Labute approximate surface area is 118 Å². The molecule has 2 N–H and O–H groups in total. The average molecular weight is 276 g/mol. The van der Waals surface area contributed by atoms with Gasteiger partial charge in [0.25, 0.3) is 0 Å². The summed E-state index contributed by atoms with van der Waals surface area (Å²) in [6.07, 6.45) is 1.59. The van der Waals surface area contributed by atoms with Gasteiger partial charge in [-0.05, 0) is 31.5 Å². The maximum absolute atomic E-state index is 11.9. The number of fused-ring (bicyclic) bond motifs is 2. The molecule has 1 aromatic rings. The quantitative estimate of drug-likeness (QED) is 0.875. The standard InChI is InChI=1S/C15H20N2O3/c1-20-13-4-2-3-12(9-13)16-15(14(18)19)6-8-17-7-5-11(15)10-17/h2-4,9,11,16H,5-8,10H2,1H3,(H,18,19). The van der Waals surface area contributed by atoms with Gasteiger partial charge in [0.05, 0.1) is 7.11 Å². The summed E-state index contributed by atoms with van der Waals surface area (Å²) in [5, 5.41) is 13.1. The van der Waals surface area contributed by atoms with E-state index in [2.05, 4.69) is 10.2 Å². The number of carbonyl (C=O) groups is 1. The summed E-state index contributed by atoms with van der Waals surface area (Å²) in [7, 11) is 1.61. The molecule has 3 atom stereocenters. The molecule has 2 aliphatic heterocycles. The lowest BCUT2D eigenvalue weighted by molar-refractivity contribution is -0.145. The Morgan fingerprint density at radius 2 is 2.35 bits per heavy atom. The van der Waals surface area contributed by atoms with Crippen LogP contribution in [0, 0.1) is 5.92 Å². The molecule has 3 rings (SSSR count). The Morgan fingerprint density at radius 1 is 1.50 bits per heavy atom. The molecule has 20 heavy (non-hydrogen) atoms. The van der Waals surface area contributed by atoms with E-state index >= 15 is 0 Å². The Hall–Kier alpha value is -1.75. The third-order valence-corrected chi connectivity index (χ3v) is 4.61. The van der Waals surface area contributed by atoms with Crippen LogP contribution in [0.1, 0.15) is 12.8 Å². The number of nitrogens with one attached hydrogen (secondary N) is 1. The molecule has 0 amide bonds. The molecule has 5 nitrogen and oxygen atoms in total. The molecule has 2 saturated heterocycles. The van der Waals surface area contributed by atoms with Gasteiger partial charge in [0.1, 0.15) is 11.3 Å². The van der Waals surface area contributed by atoms with E-state index in [4.69, 9.17) is 4.74 Å². The van der Waals surface area contributed by atoms with Gasteiger partial charge in [-0.2, -0.15) is 0 Å². The summed E-state index contributed by atoms with van der Waals surface area (Å²) in [5.74, 6) is 0.159. The highest BCUT2D eigenvalue weighted by atomic mass is 16.5. The van der Waals surface area contributed by atoms with E-state index in [1.54, 1.807) is 7.11 Å². The van der Waals surface area contributed by atoms with Crippen LogP contribution in [0.3, 0.4) is 0 Å². The van der Waals surface area contributed by atoms with Gasteiger partial charge in [0, 0.05) is 30.8 Å². The first-order valence-electron chi connectivity index (χ1n) is 7.02. The molecular weight excluding hydrogens is 256 g/mol. The number of rotatable bonds is 4. The van der Waals surface area contributed by atoms with Gasteiger partial charge in [-0.15, -0.1) is 0 Å². The number of aliphatic carboxylic acids is 1. The summed E-state index contributed by atoms with van der Waals surface area (Å²) in [5.41, 5.74) is -0.0357. The zero-order valence-electron chi connectivity index (χ0n) is 11.6. The summed E-state index contributed by atoms with van der Waals surface area (Å²) >= 11 is 0. The number of carboxylic acid groups (broad SMARTS) is 1. The van der Waals surface area contributed by atoms with Crippen molar-refractivity contribution < 1.29 is 14.6 Å². The molecule has 0 saturated carbocycles. The smallest absolute Gasteiger partial charge is 0.329 e. The normalized spacial score (nSPS) is 31.9. The van der Waals surface area contributed by atoms with E-state index in [0.717, 1.165) is 37.5 Å². The number of anilines is 1. The summed E-state index contributed by atoms with van der Waals surface area (Å²) in [4.78, 5) is 14.3. The molecule has 2 bridgehead atoms. The minimum atomic E-state index is -0.848. The van der Waals surface area contributed by atoms with Gasteiger partial charge >= 0.3 is 5.97 Å². The molecule has 1 aromatic carbocycles. The number of piperidine rings is 1. The minimum absolute atomic E-state index is 0.167. The molecular formula is C15H20N2O3. The SMILES string of the molecule is COc1cccc(NC2(C(=O)O)CCN3CCC2C3)c1. The largest absolute Gasteiger partial charge is 0.497 e. The highest BCUT2D eigenvalue weighted by molar-refractivity contribution is 5.84. The first-order valence-corrected chi connectivity index (χ1v) is 7.02. The van der Waals surface area contributed by atoms with Crippen LogP contribution in [-0.4, -0.2) is 48.3 Å². The Balaban J connectivity index is 1.89. The van der Waals surface area contributed by atoms with Crippen LogP contribution in [-0.2, 0) is 4.79 Å². The number of hydrogen-bond donors (Lipinski definition) is 2. The van der Waals surface area contributed by atoms with Crippen molar-refractivity contribution in [1.29, 1.82) is 0 Å². The highest BCUT2D eigenvalue weighted by Gasteiger charge is 2.51. The summed E-state index contributed by atoms with van der Waals surface area (Å²) in [6, 6.07) is 7.48. The highest BCUT2D eigenvalue weighted by Crippen LogP contribution is 2.38. The van der Waals surface area contributed by atoms with Gasteiger partial charge in [0.2, 0.25) is 0 Å². The fourth-order valence-electron chi connectivity index (χ4n) is 3.43. The maximum atomic E-state index is 11.9. The van der Waals surface area contributed by atoms with Crippen molar-refractivity contribution >= 4 is 11.7 Å². The monoisotopic (exact) mass is 276 g/mol. The fourth-order valence-corrected chi connectivity index (χ4v) is 3.43. The van der Waals surface area contributed by atoms with Gasteiger partial charge in [0.15, 0.2) is 0 Å². The van der Waals surface area contributed by atoms with Gasteiger partial charge in [-0.1, -0.05) is 6.07 Å². The number of benzene rings is 1.